The molecule has 4 rings (SSSR count). The Bertz CT molecular complexity index is 1110. The summed E-state index contributed by atoms with van der Waals surface area (Å²) in [6.45, 7) is 0. The zero-order valence-electron chi connectivity index (χ0n) is 11.6. The summed E-state index contributed by atoms with van der Waals surface area (Å²) in [7, 11) is 1.47. The van der Waals surface area contributed by atoms with Crippen LogP contribution in [0.5, 0.6) is 0 Å². The van der Waals surface area contributed by atoms with E-state index in [1.165, 1.54) is 9.12 Å². The van der Waals surface area contributed by atoms with Gasteiger partial charge in [-0.1, -0.05) is 22.0 Å². The minimum atomic E-state index is -0.0948. The van der Waals surface area contributed by atoms with Crippen molar-refractivity contribution in [2.75, 3.05) is 0 Å². The summed E-state index contributed by atoms with van der Waals surface area (Å²) in [4.78, 5) is 19.7. The van der Waals surface area contributed by atoms with Gasteiger partial charge in [-0.05, 0) is 30.3 Å². The number of hydrogen-bond donors (Lipinski definition) is 1. The van der Waals surface area contributed by atoms with Gasteiger partial charge in [-0.15, -0.1) is 0 Å². The Kier molecular flexibility index (Phi) is 3.94. The first kappa shape index (κ1) is 15.2. The number of halogens is 2. The Hall–Kier alpha value is -1.32. The van der Waals surface area contributed by atoms with E-state index in [9.17, 15) is 4.79 Å². The molecule has 7 heteroatoms. The molecule has 4 nitrogen and oxygen atoms in total. The van der Waals surface area contributed by atoms with Gasteiger partial charge in [0.1, 0.15) is 5.52 Å². The summed E-state index contributed by atoms with van der Waals surface area (Å²) in [6.07, 6.45) is 3.64. The lowest BCUT2D eigenvalue weighted by atomic mass is 10.1. The first-order valence-electron chi connectivity index (χ1n) is 6.76. The van der Waals surface area contributed by atoms with Gasteiger partial charge in [0.05, 0.1) is 11.2 Å². The van der Waals surface area contributed by atoms with Crippen LogP contribution in [0.25, 0.3) is 33.1 Å². The van der Waals surface area contributed by atoms with Crippen LogP contribution in [-0.2, 0) is 0 Å². The van der Waals surface area contributed by atoms with E-state index in [0.717, 1.165) is 32.0 Å². The van der Waals surface area contributed by atoms with Crippen molar-refractivity contribution in [2.45, 2.75) is 0 Å². The summed E-state index contributed by atoms with van der Waals surface area (Å²) in [5.41, 5.74) is 3.25. The lowest BCUT2D eigenvalue weighted by Crippen LogP contribution is -2.08. The van der Waals surface area contributed by atoms with Crippen LogP contribution in [0.1, 0.15) is 0 Å². The second-order valence-corrected chi connectivity index (χ2v) is 7.67. The predicted molar refractivity (Wildman–Crippen MR) is 108 cm³/mol. The van der Waals surface area contributed by atoms with Gasteiger partial charge in [0.2, 0.25) is 0 Å². The smallest absolute Gasteiger partial charge is 0.273 e. The molecule has 1 aromatic carbocycles. The average molecular weight is 498 g/mol. The van der Waals surface area contributed by atoms with Crippen molar-refractivity contribution < 1.29 is 0 Å². The van der Waals surface area contributed by atoms with E-state index in [2.05, 4.69) is 42.1 Å². The van der Waals surface area contributed by atoms with Crippen LogP contribution >= 0.6 is 46.3 Å². The molecule has 4 aromatic rings. The lowest BCUT2D eigenvalue weighted by molar-refractivity contribution is 1.23. The number of hydrogen-bond acceptors (Lipinski definition) is 3. The molecule has 0 saturated carbocycles. The third-order valence-corrected chi connectivity index (χ3v) is 5.93. The molecule has 0 spiro atoms. The second kappa shape index (κ2) is 5.95. The Morgan fingerprint density at radius 2 is 2.09 bits per heavy atom. The Morgan fingerprint density at radius 3 is 2.91 bits per heavy atom. The molecule has 0 radical (unpaired) electrons. The van der Waals surface area contributed by atoms with Crippen LogP contribution in [0.4, 0.5) is 0 Å². The molecule has 0 aliphatic heterocycles. The first-order valence-corrected chi connectivity index (χ1v) is 10.9. The van der Waals surface area contributed by atoms with Gasteiger partial charge in [0.25, 0.3) is 5.56 Å². The van der Waals surface area contributed by atoms with Crippen LogP contribution in [0.3, 0.4) is 0 Å². The summed E-state index contributed by atoms with van der Waals surface area (Å²) in [5, 5.41) is 1.98. The third kappa shape index (κ3) is 2.60. The van der Waals surface area contributed by atoms with Crippen LogP contribution in [0, 0.1) is 0 Å². The molecule has 0 saturated heterocycles. The number of pyridine rings is 2. The minimum Gasteiger partial charge on any atom is -0.327 e. The molecule has 3 aromatic heterocycles. The molecule has 3 heterocycles. The predicted octanol–water partition coefficient (Wildman–Crippen LogP) is 5.15. The molecule has 0 unspecified atom stereocenters. The summed E-state index contributed by atoms with van der Waals surface area (Å²) in [5.74, 6) is 0. The molecule has 0 bridgehead atoms. The van der Waals surface area contributed by atoms with E-state index in [1.54, 1.807) is 6.20 Å². The van der Waals surface area contributed by atoms with Crippen molar-refractivity contribution >= 4 is 68.1 Å². The number of aromatic amines is 1. The lowest BCUT2D eigenvalue weighted by Gasteiger charge is -2.06. The van der Waals surface area contributed by atoms with E-state index in [4.69, 9.17) is 4.98 Å². The largest absolute Gasteiger partial charge is 0.327 e. The van der Waals surface area contributed by atoms with Gasteiger partial charge in [0.15, 0.2) is 0 Å². The van der Waals surface area contributed by atoms with E-state index in [-0.39, 0.29) is 5.56 Å². The normalized spacial score (nSPS) is 11.4. The maximum absolute atomic E-state index is 12.1. The van der Waals surface area contributed by atoms with Crippen LogP contribution in [-0.4, -0.2) is 13.9 Å². The number of fused-ring (bicyclic) bond motifs is 2. The van der Waals surface area contributed by atoms with Gasteiger partial charge in [-0.3, -0.25) is 8.77 Å². The number of aromatic nitrogens is 3. The number of benzene rings is 1. The highest BCUT2D eigenvalue weighted by atomic mass is 127. The average Bonchev–Trinajstić information content (AvgIpc) is 3.00. The van der Waals surface area contributed by atoms with E-state index in [0.29, 0.717) is 5.52 Å². The molecular weight excluding hydrogens is 489 g/mol. The summed E-state index contributed by atoms with van der Waals surface area (Å²) < 4.78 is 2.89. The first-order chi connectivity index (χ1) is 11.2. The molecule has 0 amide bonds. The molecule has 0 atom stereocenters. The zero-order chi connectivity index (χ0) is 16.0. The van der Waals surface area contributed by atoms with Crippen LogP contribution in [0.2, 0.25) is 0 Å². The highest BCUT2D eigenvalue weighted by Crippen LogP contribution is 2.30. The van der Waals surface area contributed by atoms with Crippen molar-refractivity contribution in [3.63, 3.8) is 0 Å². The maximum Gasteiger partial charge on any atom is 0.273 e. The minimum absolute atomic E-state index is 0.0948. The Morgan fingerprint density at radius 1 is 1.22 bits per heavy atom. The maximum atomic E-state index is 12.1. The van der Waals surface area contributed by atoms with Crippen molar-refractivity contribution in [2.24, 2.45) is 0 Å². The fourth-order valence-corrected chi connectivity index (χ4v) is 4.37. The molecule has 0 fully saturated rings. The van der Waals surface area contributed by atoms with E-state index < -0.39 is 0 Å². The number of nitrogens with zero attached hydrogens (tertiary/aromatic N) is 2. The van der Waals surface area contributed by atoms with Crippen LogP contribution in [0.15, 0.2) is 58.1 Å². The van der Waals surface area contributed by atoms with Gasteiger partial charge >= 0.3 is 0 Å². The monoisotopic (exact) mass is 497 g/mol. The SMILES string of the molecule is O=c1[nH]cc(-c2ccc3cc(Br)ccc3n2)c2ccn(SI)c12. The van der Waals surface area contributed by atoms with Crippen molar-refractivity contribution in [1.82, 2.24) is 13.9 Å². The molecule has 114 valence electrons. The van der Waals surface area contributed by atoms with Gasteiger partial charge in [-0.25, -0.2) is 4.98 Å². The van der Waals surface area contributed by atoms with Gasteiger partial charge < -0.3 is 4.98 Å². The third-order valence-electron chi connectivity index (χ3n) is 3.71. The fraction of sp³-hybridized carbons (Fsp3) is 0. The molecule has 1 N–H and O–H groups in total. The second-order valence-electron chi connectivity index (χ2n) is 5.04. The van der Waals surface area contributed by atoms with Gasteiger partial charge in [0, 0.05) is 63.5 Å². The Labute approximate surface area is 156 Å². The quantitative estimate of drug-likeness (QED) is 0.389. The highest BCUT2D eigenvalue weighted by molar-refractivity contribution is 14.2. The molecule has 0 aliphatic carbocycles. The van der Waals surface area contributed by atoms with Crippen molar-refractivity contribution in [1.29, 1.82) is 0 Å². The summed E-state index contributed by atoms with van der Waals surface area (Å²) >= 11 is 5.64. The van der Waals surface area contributed by atoms with E-state index in [1.807, 2.05) is 46.6 Å². The number of nitrogens with one attached hydrogen (secondary N) is 1. The number of H-pyrrole nitrogens is 1. The highest BCUT2D eigenvalue weighted by Gasteiger charge is 2.12. The number of rotatable bonds is 2. The molecule has 0 aliphatic rings. The summed E-state index contributed by atoms with van der Waals surface area (Å²) in [6, 6.07) is 12.0. The van der Waals surface area contributed by atoms with Crippen LogP contribution < -0.4 is 5.56 Å². The van der Waals surface area contributed by atoms with Crippen molar-refractivity contribution in [3.8, 4) is 11.3 Å². The van der Waals surface area contributed by atoms with Gasteiger partial charge in [-0.2, -0.15) is 0 Å². The standard InChI is InChI=1S/C16H9BrIN3OS/c17-10-2-4-13-9(7-10)1-3-14(20-13)12-8-19-16(22)15-11(12)5-6-21(15)23-18/h1-8H,(H,19,22). The molecule has 23 heavy (non-hydrogen) atoms. The Balaban J connectivity index is 1.99. The van der Waals surface area contributed by atoms with Crippen molar-refractivity contribution in [3.05, 3.63) is 63.6 Å². The van der Waals surface area contributed by atoms with E-state index >= 15 is 0 Å². The molecular formula is C16H9BrIN3OS. The fourth-order valence-electron chi connectivity index (χ4n) is 2.65. The topological polar surface area (TPSA) is 50.7 Å². The zero-order valence-corrected chi connectivity index (χ0v) is 16.1.